The van der Waals surface area contributed by atoms with E-state index in [0.717, 1.165) is 6.07 Å². The summed E-state index contributed by atoms with van der Waals surface area (Å²) in [4.78, 5) is 11.2. The number of ether oxygens (including phenoxy) is 2. The Bertz CT molecular complexity index is 784. The number of aliphatic hydroxyl groups is 4. The summed E-state index contributed by atoms with van der Waals surface area (Å²) in [7, 11) is 0. The zero-order valence-corrected chi connectivity index (χ0v) is 12.3. The molecule has 1 aromatic heterocycles. The summed E-state index contributed by atoms with van der Waals surface area (Å²) in [6, 6.07) is 5.17. The van der Waals surface area contributed by atoms with Crippen molar-refractivity contribution in [2.75, 3.05) is 6.61 Å². The van der Waals surface area contributed by atoms with Crippen molar-refractivity contribution in [3.8, 4) is 11.5 Å². The number of aromatic hydroxyl groups is 1. The van der Waals surface area contributed by atoms with E-state index >= 15 is 0 Å². The molecule has 2 aromatic rings. The summed E-state index contributed by atoms with van der Waals surface area (Å²) in [6.07, 6.45) is -7.27. The van der Waals surface area contributed by atoms with Crippen LogP contribution in [0, 0.1) is 0 Å². The number of rotatable bonds is 3. The average Bonchev–Trinajstić information content (AvgIpc) is 2.56. The highest BCUT2D eigenvalue weighted by molar-refractivity contribution is 5.80. The fourth-order valence-electron chi connectivity index (χ4n) is 2.47. The third-order valence-corrected chi connectivity index (χ3v) is 3.79. The predicted molar refractivity (Wildman–Crippen MR) is 78.5 cm³/mol. The molecule has 130 valence electrons. The van der Waals surface area contributed by atoms with Gasteiger partial charge in [-0.3, -0.25) is 0 Å². The van der Waals surface area contributed by atoms with Gasteiger partial charge in [0.2, 0.25) is 6.29 Å². The van der Waals surface area contributed by atoms with Gasteiger partial charge in [-0.1, -0.05) is 0 Å². The molecule has 1 saturated heterocycles. The molecule has 1 aliphatic heterocycles. The summed E-state index contributed by atoms with van der Waals surface area (Å²) in [5.41, 5.74) is -0.439. The van der Waals surface area contributed by atoms with Crippen LogP contribution in [-0.4, -0.2) is 62.8 Å². The second-order valence-electron chi connectivity index (χ2n) is 5.43. The Labute approximate surface area is 134 Å². The second-order valence-corrected chi connectivity index (χ2v) is 5.43. The maximum Gasteiger partial charge on any atom is 0.336 e. The highest BCUT2D eigenvalue weighted by atomic mass is 16.7. The van der Waals surface area contributed by atoms with Gasteiger partial charge < -0.3 is 39.4 Å². The predicted octanol–water partition coefficient (Wildman–Crippen LogP) is -1.32. The van der Waals surface area contributed by atoms with Gasteiger partial charge in [-0.15, -0.1) is 0 Å². The summed E-state index contributed by atoms with van der Waals surface area (Å²) >= 11 is 0. The topological polar surface area (TPSA) is 150 Å². The molecule has 0 unspecified atom stereocenters. The molecule has 0 bridgehead atoms. The highest BCUT2D eigenvalue weighted by Crippen LogP contribution is 2.33. The van der Waals surface area contributed by atoms with E-state index in [2.05, 4.69) is 0 Å². The van der Waals surface area contributed by atoms with Crippen LogP contribution in [0.2, 0.25) is 0 Å². The van der Waals surface area contributed by atoms with Crippen molar-refractivity contribution in [2.45, 2.75) is 30.7 Å². The van der Waals surface area contributed by atoms with Gasteiger partial charge in [-0.2, -0.15) is 0 Å². The smallest absolute Gasteiger partial charge is 0.336 e. The lowest BCUT2D eigenvalue weighted by Crippen LogP contribution is -2.60. The first-order chi connectivity index (χ1) is 11.4. The Morgan fingerprint density at radius 2 is 1.83 bits per heavy atom. The van der Waals surface area contributed by atoms with Crippen LogP contribution in [0.5, 0.6) is 11.5 Å². The first kappa shape index (κ1) is 16.7. The Morgan fingerprint density at radius 3 is 2.54 bits per heavy atom. The fraction of sp³-hybridized carbons (Fsp3) is 0.400. The van der Waals surface area contributed by atoms with E-state index in [1.807, 2.05) is 0 Å². The number of phenols is 1. The van der Waals surface area contributed by atoms with E-state index < -0.39 is 42.9 Å². The quantitative estimate of drug-likeness (QED) is 0.429. The van der Waals surface area contributed by atoms with Gasteiger partial charge in [0.15, 0.2) is 11.5 Å². The Hall–Kier alpha value is -2.17. The zero-order chi connectivity index (χ0) is 17.4. The van der Waals surface area contributed by atoms with Crippen molar-refractivity contribution in [3.63, 3.8) is 0 Å². The van der Waals surface area contributed by atoms with Crippen molar-refractivity contribution >= 4 is 11.0 Å². The largest absolute Gasteiger partial charge is 0.504 e. The standard InChI is InChI=1S/C15H16O9/c16-5-10-12(19)13(20)14(21)15(24-10)23-9-3-6-1-2-11(18)22-8(6)4-7(9)17/h1-4,10,12-17,19-21H,5H2/t10-,12-,13-,14+,15+/m1/s1. The summed E-state index contributed by atoms with van der Waals surface area (Å²) in [6.45, 7) is -0.598. The van der Waals surface area contributed by atoms with E-state index in [4.69, 9.17) is 19.0 Å². The molecular weight excluding hydrogens is 324 g/mol. The van der Waals surface area contributed by atoms with Crippen LogP contribution in [0.4, 0.5) is 0 Å². The molecule has 5 atom stereocenters. The Kier molecular flexibility index (Phi) is 4.43. The molecule has 5 N–H and O–H groups in total. The van der Waals surface area contributed by atoms with Gasteiger partial charge in [-0.25, -0.2) is 4.79 Å². The molecule has 0 saturated carbocycles. The summed E-state index contributed by atoms with van der Waals surface area (Å²) < 4.78 is 15.5. The van der Waals surface area contributed by atoms with Crippen LogP contribution >= 0.6 is 0 Å². The van der Waals surface area contributed by atoms with Crippen molar-refractivity contribution in [1.82, 2.24) is 0 Å². The molecule has 3 rings (SSSR count). The van der Waals surface area contributed by atoms with Crippen molar-refractivity contribution in [3.05, 3.63) is 34.7 Å². The van der Waals surface area contributed by atoms with E-state index in [0.29, 0.717) is 5.39 Å². The van der Waals surface area contributed by atoms with Gasteiger partial charge in [-0.05, 0) is 12.1 Å². The molecule has 9 nitrogen and oxygen atoms in total. The van der Waals surface area contributed by atoms with Gasteiger partial charge in [0.25, 0.3) is 0 Å². The van der Waals surface area contributed by atoms with E-state index in [1.165, 1.54) is 18.2 Å². The lowest BCUT2D eigenvalue weighted by molar-refractivity contribution is -0.277. The van der Waals surface area contributed by atoms with Crippen LogP contribution < -0.4 is 10.4 Å². The molecule has 0 amide bonds. The van der Waals surface area contributed by atoms with Crippen LogP contribution in [0.3, 0.4) is 0 Å². The van der Waals surface area contributed by atoms with Gasteiger partial charge in [0, 0.05) is 17.5 Å². The number of aliphatic hydroxyl groups excluding tert-OH is 4. The number of benzene rings is 1. The lowest BCUT2D eigenvalue weighted by Gasteiger charge is -2.39. The Morgan fingerprint density at radius 1 is 1.08 bits per heavy atom. The van der Waals surface area contributed by atoms with E-state index in [9.17, 15) is 25.2 Å². The van der Waals surface area contributed by atoms with E-state index in [1.54, 1.807) is 0 Å². The average molecular weight is 340 g/mol. The maximum atomic E-state index is 11.2. The number of hydrogen-bond donors (Lipinski definition) is 5. The molecule has 0 spiro atoms. The molecule has 2 heterocycles. The van der Waals surface area contributed by atoms with Crippen LogP contribution in [0.25, 0.3) is 11.0 Å². The van der Waals surface area contributed by atoms with E-state index in [-0.39, 0.29) is 17.1 Å². The number of hydrogen-bond acceptors (Lipinski definition) is 9. The second kappa shape index (κ2) is 6.38. The van der Waals surface area contributed by atoms with Crippen LogP contribution in [0.1, 0.15) is 0 Å². The summed E-state index contributed by atoms with van der Waals surface area (Å²) in [5, 5.41) is 49.0. The van der Waals surface area contributed by atoms with Crippen molar-refractivity contribution < 1.29 is 39.4 Å². The normalized spacial score (nSPS) is 30.4. The van der Waals surface area contributed by atoms with Gasteiger partial charge in [0.05, 0.1) is 6.61 Å². The minimum absolute atomic E-state index is 0.0966. The molecular formula is C15H16O9. The third kappa shape index (κ3) is 2.95. The first-order valence-corrected chi connectivity index (χ1v) is 7.15. The zero-order valence-electron chi connectivity index (χ0n) is 12.3. The maximum absolute atomic E-state index is 11.2. The first-order valence-electron chi connectivity index (χ1n) is 7.15. The third-order valence-electron chi connectivity index (χ3n) is 3.79. The van der Waals surface area contributed by atoms with Crippen molar-refractivity contribution in [2.24, 2.45) is 0 Å². The molecule has 9 heteroatoms. The number of phenolic OH excluding ortho intramolecular Hbond substituents is 1. The molecule has 1 aliphatic rings. The number of fused-ring (bicyclic) bond motifs is 1. The lowest BCUT2D eigenvalue weighted by atomic mass is 9.99. The Balaban J connectivity index is 1.89. The van der Waals surface area contributed by atoms with Gasteiger partial charge >= 0.3 is 5.63 Å². The molecule has 0 aliphatic carbocycles. The molecule has 1 fully saturated rings. The highest BCUT2D eigenvalue weighted by Gasteiger charge is 2.44. The minimum atomic E-state index is -1.60. The monoisotopic (exact) mass is 340 g/mol. The minimum Gasteiger partial charge on any atom is -0.504 e. The molecule has 0 radical (unpaired) electrons. The molecule has 24 heavy (non-hydrogen) atoms. The molecule has 1 aromatic carbocycles. The van der Waals surface area contributed by atoms with Crippen molar-refractivity contribution in [1.29, 1.82) is 0 Å². The fourth-order valence-corrected chi connectivity index (χ4v) is 2.47. The SMILES string of the molecule is O=c1ccc2cc(O[C@H]3O[C@H](CO)[C@@H](O)[C@@H](O)[C@@H]3O)c(O)cc2o1. The van der Waals surface area contributed by atoms with Gasteiger partial charge in [0.1, 0.15) is 30.0 Å². The van der Waals surface area contributed by atoms with Crippen LogP contribution in [-0.2, 0) is 4.74 Å². The summed E-state index contributed by atoms with van der Waals surface area (Å²) in [5.74, 6) is -0.477. The van der Waals surface area contributed by atoms with Crippen LogP contribution in [0.15, 0.2) is 33.5 Å².